The predicted molar refractivity (Wildman–Crippen MR) is 67.3 cm³/mol. The number of nitrogens with zero attached hydrogens (tertiary/aromatic N) is 1. The molecule has 1 aromatic heterocycles. The molecule has 0 radical (unpaired) electrons. The van der Waals surface area contributed by atoms with Crippen LogP contribution in [0.5, 0.6) is 0 Å². The van der Waals surface area contributed by atoms with Crippen LogP contribution in [0, 0.1) is 5.92 Å². The fourth-order valence-corrected chi connectivity index (χ4v) is 1.50. The lowest BCUT2D eigenvalue weighted by Crippen LogP contribution is -2.31. The zero-order valence-corrected chi connectivity index (χ0v) is 10.4. The quantitative estimate of drug-likeness (QED) is 0.701. The summed E-state index contributed by atoms with van der Waals surface area (Å²) in [5, 5.41) is 11.9. The van der Waals surface area contributed by atoms with E-state index in [-0.39, 0.29) is 11.5 Å². The Hall–Kier alpha value is -2.11. The highest BCUT2D eigenvalue weighted by Gasteiger charge is 2.18. The third-order valence-electron chi connectivity index (χ3n) is 2.38. The number of nitrogens with two attached hydrogens (primary N) is 1. The standard InChI is InChI=1S/C12H17N3O3/c1-7(2)5-9(12(17)18)15-10-4-3-8(6-14-10)11(13)16/h3-4,6-7,9H,5H2,1-2H3,(H2,13,16)(H,14,15)(H,17,18)/t9-/m1/s1. The third-order valence-corrected chi connectivity index (χ3v) is 2.38. The first-order chi connectivity index (χ1) is 8.40. The molecule has 0 aliphatic carbocycles. The van der Waals surface area contributed by atoms with Gasteiger partial charge < -0.3 is 16.2 Å². The first kappa shape index (κ1) is 14.0. The topological polar surface area (TPSA) is 105 Å². The van der Waals surface area contributed by atoms with E-state index in [4.69, 9.17) is 10.8 Å². The molecule has 1 aromatic rings. The van der Waals surface area contributed by atoms with Crippen LogP contribution in [-0.4, -0.2) is 28.0 Å². The summed E-state index contributed by atoms with van der Waals surface area (Å²) in [6, 6.07) is 2.35. The largest absolute Gasteiger partial charge is 0.480 e. The first-order valence-corrected chi connectivity index (χ1v) is 5.65. The summed E-state index contributed by atoms with van der Waals surface area (Å²) in [5.74, 6) is -0.827. The third kappa shape index (κ3) is 4.04. The molecule has 0 aliphatic rings. The van der Waals surface area contributed by atoms with Crippen LogP contribution in [0.15, 0.2) is 18.3 Å². The van der Waals surface area contributed by atoms with Gasteiger partial charge in [-0.05, 0) is 24.5 Å². The minimum absolute atomic E-state index is 0.253. The van der Waals surface area contributed by atoms with Gasteiger partial charge in [0.25, 0.3) is 0 Å². The fraction of sp³-hybridized carbons (Fsp3) is 0.417. The number of carboxylic acid groups (broad SMARTS) is 1. The molecule has 6 nitrogen and oxygen atoms in total. The van der Waals surface area contributed by atoms with Gasteiger partial charge in [-0.25, -0.2) is 9.78 Å². The van der Waals surface area contributed by atoms with Gasteiger partial charge in [0.2, 0.25) is 5.91 Å². The zero-order chi connectivity index (χ0) is 13.7. The van der Waals surface area contributed by atoms with E-state index in [1.54, 1.807) is 0 Å². The highest BCUT2D eigenvalue weighted by Crippen LogP contribution is 2.12. The van der Waals surface area contributed by atoms with Gasteiger partial charge in [-0.1, -0.05) is 13.8 Å². The van der Waals surface area contributed by atoms with Gasteiger partial charge >= 0.3 is 5.97 Å². The molecule has 98 valence electrons. The number of aliphatic carboxylic acids is 1. The Kier molecular flexibility index (Phi) is 4.65. The molecular weight excluding hydrogens is 234 g/mol. The molecular formula is C12H17N3O3. The highest BCUT2D eigenvalue weighted by molar-refractivity contribution is 5.92. The maximum Gasteiger partial charge on any atom is 0.326 e. The van der Waals surface area contributed by atoms with E-state index in [0.29, 0.717) is 12.2 Å². The van der Waals surface area contributed by atoms with Crippen molar-refractivity contribution in [2.24, 2.45) is 11.7 Å². The Morgan fingerprint density at radius 3 is 2.50 bits per heavy atom. The SMILES string of the molecule is CC(C)C[C@@H](Nc1ccc(C(N)=O)cn1)C(=O)O. The number of carbonyl (C=O) groups is 2. The first-order valence-electron chi connectivity index (χ1n) is 5.65. The maximum absolute atomic E-state index is 11.1. The highest BCUT2D eigenvalue weighted by atomic mass is 16.4. The van der Waals surface area contributed by atoms with Gasteiger partial charge in [-0.15, -0.1) is 0 Å². The molecule has 0 unspecified atom stereocenters. The van der Waals surface area contributed by atoms with Crippen LogP contribution < -0.4 is 11.1 Å². The molecule has 4 N–H and O–H groups in total. The summed E-state index contributed by atoms with van der Waals surface area (Å²) < 4.78 is 0. The van der Waals surface area contributed by atoms with E-state index in [2.05, 4.69) is 10.3 Å². The average Bonchev–Trinajstić information content (AvgIpc) is 2.28. The van der Waals surface area contributed by atoms with Gasteiger partial charge in [0.05, 0.1) is 5.56 Å². The molecule has 0 saturated carbocycles. The molecule has 6 heteroatoms. The van der Waals surface area contributed by atoms with Crippen molar-refractivity contribution in [1.29, 1.82) is 0 Å². The summed E-state index contributed by atoms with van der Waals surface area (Å²) in [6.07, 6.45) is 1.81. The van der Waals surface area contributed by atoms with Crippen molar-refractivity contribution in [3.05, 3.63) is 23.9 Å². The Balaban J connectivity index is 2.75. The van der Waals surface area contributed by atoms with Crippen molar-refractivity contribution in [3.8, 4) is 0 Å². The van der Waals surface area contributed by atoms with Gasteiger partial charge in [0.1, 0.15) is 11.9 Å². The second kappa shape index (κ2) is 6.00. The second-order valence-electron chi connectivity index (χ2n) is 4.46. The van der Waals surface area contributed by atoms with E-state index in [1.165, 1.54) is 18.3 Å². The number of amides is 1. The van der Waals surface area contributed by atoms with Crippen LogP contribution >= 0.6 is 0 Å². The molecule has 0 saturated heterocycles. The lowest BCUT2D eigenvalue weighted by Gasteiger charge is -2.16. The van der Waals surface area contributed by atoms with E-state index in [9.17, 15) is 9.59 Å². The molecule has 0 aromatic carbocycles. The van der Waals surface area contributed by atoms with Crippen LogP contribution in [0.1, 0.15) is 30.6 Å². The minimum Gasteiger partial charge on any atom is -0.480 e. The molecule has 18 heavy (non-hydrogen) atoms. The number of carbonyl (C=O) groups excluding carboxylic acids is 1. The lowest BCUT2D eigenvalue weighted by atomic mass is 10.0. The van der Waals surface area contributed by atoms with Crippen molar-refractivity contribution >= 4 is 17.7 Å². The van der Waals surface area contributed by atoms with Crippen LogP contribution in [0.4, 0.5) is 5.82 Å². The molecule has 0 spiro atoms. The smallest absolute Gasteiger partial charge is 0.326 e. The van der Waals surface area contributed by atoms with Crippen molar-refractivity contribution in [2.45, 2.75) is 26.3 Å². The second-order valence-corrected chi connectivity index (χ2v) is 4.46. The Morgan fingerprint density at radius 1 is 1.44 bits per heavy atom. The number of aromatic nitrogens is 1. The number of nitrogens with one attached hydrogen (secondary N) is 1. The summed E-state index contributed by atoms with van der Waals surface area (Å²) in [5.41, 5.74) is 5.37. The number of hydrogen-bond acceptors (Lipinski definition) is 4. The molecule has 0 bridgehead atoms. The summed E-state index contributed by atoms with van der Waals surface area (Å²) >= 11 is 0. The lowest BCUT2D eigenvalue weighted by molar-refractivity contribution is -0.138. The predicted octanol–water partition coefficient (Wildman–Crippen LogP) is 1.09. The van der Waals surface area contributed by atoms with Crippen molar-refractivity contribution in [1.82, 2.24) is 4.98 Å². The fourth-order valence-electron chi connectivity index (χ4n) is 1.50. The van der Waals surface area contributed by atoms with E-state index in [0.717, 1.165) is 0 Å². The molecule has 1 amide bonds. The molecule has 0 fully saturated rings. The van der Waals surface area contributed by atoms with Gasteiger partial charge in [-0.2, -0.15) is 0 Å². The number of carboxylic acids is 1. The normalized spacial score (nSPS) is 12.2. The van der Waals surface area contributed by atoms with E-state index < -0.39 is 17.9 Å². The van der Waals surface area contributed by atoms with Gasteiger partial charge in [0, 0.05) is 6.20 Å². The average molecular weight is 251 g/mol. The van der Waals surface area contributed by atoms with Gasteiger partial charge in [0.15, 0.2) is 0 Å². The summed E-state index contributed by atoms with van der Waals surface area (Å²) in [7, 11) is 0. The summed E-state index contributed by atoms with van der Waals surface area (Å²) in [6.45, 7) is 3.89. The number of pyridine rings is 1. The number of anilines is 1. The maximum atomic E-state index is 11.1. The summed E-state index contributed by atoms with van der Waals surface area (Å²) in [4.78, 5) is 25.9. The molecule has 1 atom stereocenters. The van der Waals surface area contributed by atoms with Crippen LogP contribution in [0.3, 0.4) is 0 Å². The molecule has 0 aliphatic heterocycles. The Bertz CT molecular complexity index is 429. The zero-order valence-electron chi connectivity index (χ0n) is 10.4. The van der Waals surface area contributed by atoms with Crippen LogP contribution in [0.25, 0.3) is 0 Å². The van der Waals surface area contributed by atoms with E-state index >= 15 is 0 Å². The van der Waals surface area contributed by atoms with E-state index in [1.807, 2.05) is 13.8 Å². The Morgan fingerprint density at radius 2 is 2.11 bits per heavy atom. The molecule has 1 rings (SSSR count). The van der Waals surface area contributed by atoms with Crippen LogP contribution in [0.2, 0.25) is 0 Å². The Labute approximate surface area is 105 Å². The monoisotopic (exact) mass is 251 g/mol. The minimum atomic E-state index is -0.926. The number of rotatable bonds is 6. The number of primary amides is 1. The van der Waals surface area contributed by atoms with Crippen molar-refractivity contribution in [3.63, 3.8) is 0 Å². The number of hydrogen-bond donors (Lipinski definition) is 3. The van der Waals surface area contributed by atoms with Crippen molar-refractivity contribution in [2.75, 3.05) is 5.32 Å². The van der Waals surface area contributed by atoms with Crippen molar-refractivity contribution < 1.29 is 14.7 Å². The van der Waals surface area contributed by atoms with Crippen LogP contribution in [-0.2, 0) is 4.79 Å². The molecule has 1 heterocycles. The van der Waals surface area contributed by atoms with Gasteiger partial charge in [-0.3, -0.25) is 4.79 Å².